The predicted octanol–water partition coefficient (Wildman–Crippen LogP) is 3.77. The molecule has 0 atom stereocenters. The van der Waals surface area contributed by atoms with Crippen LogP contribution in [0.4, 0.5) is 23.2 Å². The molecule has 0 heterocycles. The summed E-state index contributed by atoms with van der Waals surface area (Å²) in [7, 11) is -1.02. The van der Waals surface area contributed by atoms with Crippen molar-refractivity contribution < 1.29 is 40.2 Å². The van der Waals surface area contributed by atoms with Gasteiger partial charge in [0.25, 0.3) is 0 Å². The molecule has 31 heavy (non-hydrogen) atoms. The van der Waals surface area contributed by atoms with Gasteiger partial charge in [-0.2, -0.15) is 17.5 Å². The van der Waals surface area contributed by atoms with Gasteiger partial charge in [0, 0.05) is 24.9 Å². The smallest absolute Gasteiger partial charge is 0.417 e. The number of rotatable bonds is 7. The number of hydrogen-bond acceptors (Lipinski definition) is 5. The highest BCUT2D eigenvalue weighted by Crippen LogP contribution is 2.36. The molecule has 1 amide bonds. The van der Waals surface area contributed by atoms with E-state index in [0.29, 0.717) is 10.4 Å². The molecule has 0 radical (unpaired) electrons. The number of carbonyl (C=O) groups is 1. The van der Waals surface area contributed by atoms with Gasteiger partial charge < -0.3 is 14.8 Å². The molecule has 170 valence electrons. The first-order valence-corrected chi connectivity index (χ1v) is 10.2. The zero-order chi connectivity index (χ0) is 23.6. The third kappa shape index (κ3) is 5.57. The SMILES string of the molecule is COc1cc(F)c(S(=O)(=O)N(C)CC(=O)Nc2ccc(Cl)c(C(F)(F)F)c2)cc1OC. The fraction of sp³-hybridized carbons (Fsp3) is 0.278. The Morgan fingerprint density at radius 3 is 2.26 bits per heavy atom. The summed E-state index contributed by atoms with van der Waals surface area (Å²) >= 11 is 5.52. The molecule has 0 unspecified atom stereocenters. The van der Waals surface area contributed by atoms with E-state index in [0.717, 1.165) is 31.3 Å². The van der Waals surface area contributed by atoms with Gasteiger partial charge in [-0.15, -0.1) is 0 Å². The third-order valence-corrected chi connectivity index (χ3v) is 6.20. The summed E-state index contributed by atoms with van der Waals surface area (Å²) in [5.41, 5.74) is -1.41. The topological polar surface area (TPSA) is 84.9 Å². The normalized spacial score (nSPS) is 12.0. The number of hydrogen-bond donors (Lipinski definition) is 1. The number of benzene rings is 2. The van der Waals surface area contributed by atoms with Gasteiger partial charge in [0.15, 0.2) is 11.5 Å². The van der Waals surface area contributed by atoms with Crippen LogP contribution in [-0.2, 0) is 21.0 Å². The second-order valence-corrected chi connectivity index (χ2v) is 8.56. The van der Waals surface area contributed by atoms with Crippen LogP contribution in [0.2, 0.25) is 5.02 Å². The summed E-state index contributed by atoms with van der Waals surface area (Å²) < 4.78 is 88.9. The van der Waals surface area contributed by atoms with E-state index >= 15 is 0 Å². The zero-order valence-electron chi connectivity index (χ0n) is 16.4. The predicted molar refractivity (Wildman–Crippen MR) is 104 cm³/mol. The molecule has 0 fully saturated rings. The molecule has 2 rings (SSSR count). The van der Waals surface area contributed by atoms with Crippen molar-refractivity contribution >= 4 is 33.2 Å². The van der Waals surface area contributed by atoms with E-state index in [9.17, 15) is 30.8 Å². The Labute approximate surface area is 180 Å². The van der Waals surface area contributed by atoms with E-state index in [4.69, 9.17) is 21.1 Å². The van der Waals surface area contributed by atoms with Gasteiger partial charge in [0.2, 0.25) is 15.9 Å². The maximum atomic E-state index is 14.3. The van der Waals surface area contributed by atoms with Crippen LogP contribution in [0.1, 0.15) is 5.56 Å². The Kier molecular flexibility index (Phi) is 7.40. The lowest BCUT2D eigenvalue weighted by Crippen LogP contribution is -2.35. The van der Waals surface area contributed by atoms with E-state index < -0.39 is 50.0 Å². The number of sulfonamides is 1. The molecule has 0 spiro atoms. The first kappa shape index (κ1) is 24.7. The number of amides is 1. The quantitative estimate of drug-likeness (QED) is 0.605. The number of ether oxygens (including phenoxy) is 2. The van der Waals surface area contributed by atoms with Gasteiger partial charge in [0.05, 0.1) is 31.4 Å². The van der Waals surface area contributed by atoms with Crippen LogP contribution < -0.4 is 14.8 Å². The summed E-state index contributed by atoms with van der Waals surface area (Å²) in [5, 5.41) is 1.59. The lowest BCUT2D eigenvalue weighted by Gasteiger charge is -2.19. The van der Waals surface area contributed by atoms with Gasteiger partial charge in [0.1, 0.15) is 10.7 Å². The first-order chi connectivity index (χ1) is 14.3. The highest BCUT2D eigenvalue weighted by atomic mass is 35.5. The molecule has 0 aliphatic heterocycles. The highest BCUT2D eigenvalue weighted by Gasteiger charge is 2.34. The van der Waals surface area contributed by atoms with E-state index in [1.807, 2.05) is 0 Å². The molecular formula is C18H17ClF4N2O5S. The minimum atomic E-state index is -4.75. The zero-order valence-corrected chi connectivity index (χ0v) is 18.0. The van der Waals surface area contributed by atoms with Crippen LogP contribution in [0.25, 0.3) is 0 Å². The number of alkyl halides is 3. The average molecular weight is 485 g/mol. The summed E-state index contributed by atoms with van der Waals surface area (Å²) in [6.45, 7) is -0.805. The Morgan fingerprint density at radius 2 is 1.71 bits per heavy atom. The molecule has 0 aliphatic carbocycles. The number of likely N-dealkylation sites (N-methyl/N-ethyl adjacent to an activating group) is 1. The lowest BCUT2D eigenvalue weighted by atomic mass is 10.2. The molecule has 7 nitrogen and oxygen atoms in total. The van der Waals surface area contributed by atoms with E-state index in [1.54, 1.807) is 0 Å². The molecule has 0 aromatic heterocycles. The maximum absolute atomic E-state index is 14.3. The summed E-state index contributed by atoms with van der Waals surface area (Å²) in [6.07, 6.45) is -4.75. The van der Waals surface area contributed by atoms with Crippen molar-refractivity contribution in [3.05, 3.63) is 46.7 Å². The van der Waals surface area contributed by atoms with Gasteiger partial charge >= 0.3 is 6.18 Å². The van der Waals surface area contributed by atoms with Crippen LogP contribution in [0.15, 0.2) is 35.2 Å². The van der Waals surface area contributed by atoms with E-state index in [2.05, 4.69) is 5.32 Å². The Hall–Kier alpha value is -2.57. The van der Waals surface area contributed by atoms with Crippen LogP contribution in [0.5, 0.6) is 11.5 Å². The van der Waals surface area contributed by atoms with Crippen LogP contribution in [0.3, 0.4) is 0 Å². The second kappa shape index (κ2) is 9.28. The van der Waals surface area contributed by atoms with Gasteiger partial charge in [-0.25, -0.2) is 12.8 Å². The monoisotopic (exact) mass is 484 g/mol. The fourth-order valence-electron chi connectivity index (χ4n) is 2.51. The Morgan fingerprint density at radius 1 is 1.13 bits per heavy atom. The lowest BCUT2D eigenvalue weighted by molar-refractivity contribution is -0.137. The number of methoxy groups -OCH3 is 2. The summed E-state index contributed by atoms with van der Waals surface area (Å²) in [5.74, 6) is -2.19. The number of nitrogens with one attached hydrogen (secondary N) is 1. The molecular weight excluding hydrogens is 468 g/mol. The average Bonchev–Trinajstić information content (AvgIpc) is 2.67. The summed E-state index contributed by atoms with van der Waals surface area (Å²) in [4.78, 5) is 11.4. The highest BCUT2D eigenvalue weighted by molar-refractivity contribution is 7.89. The molecule has 2 aromatic rings. The van der Waals surface area contributed by atoms with Crippen molar-refractivity contribution in [2.45, 2.75) is 11.1 Å². The number of nitrogens with zero attached hydrogens (tertiary/aromatic N) is 1. The fourth-order valence-corrected chi connectivity index (χ4v) is 3.92. The van der Waals surface area contributed by atoms with Crippen LogP contribution in [0, 0.1) is 5.82 Å². The molecule has 2 aromatic carbocycles. The van der Waals surface area contributed by atoms with Crippen molar-refractivity contribution in [1.29, 1.82) is 0 Å². The minimum Gasteiger partial charge on any atom is -0.493 e. The molecule has 0 aliphatic rings. The van der Waals surface area contributed by atoms with Crippen LogP contribution >= 0.6 is 11.6 Å². The van der Waals surface area contributed by atoms with Crippen molar-refractivity contribution in [3.8, 4) is 11.5 Å². The number of carbonyl (C=O) groups excluding carboxylic acids is 1. The standard InChI is InChI=1S/C18H17ClF4N2O5S/c1-25(31(27,28)16-8-15(30-3)14(29-2)7-13(16)20)9-17(26)24-10-4-5-12(19)11(6-10)18(21,22)23/h4-8H,9H2,1-3H3,(H,24,26). The minimum absolute atomic E-state index is 0.0393. The van der Waals surface area contributed by atoms with Crippen molar-refractivity contribution in [2.24, 2.45) is 0 Å². The summed E-state index contributed by atoms with van der Waals surface area (Å²) in [6, 6.07) is 4.39. The largest absolute Gasteiger partial charge is 0.493 e. The molecule has 0 bridgehead atoms. The Bertz CT molecular complexity index is 1090. The third-order valence-electron chi connectivity index (χ3n) is 4.05. The maximum Gasteiger partial charge on any atom is 0.417 e. The van der Waals surface area contributed by atoms with Gasteiger partial charge in [-0.3, -0.25) is 4.79 Å². The molecule has 0 saturated heterocycles. The molecule has 1 N–H and O–H groups in total. The van der Waals surface area contributed by atoms with Gasteiger partial charge in [-0.05, 0) is 18.2 Å². The van der Waals surface area contributed by atoms with Crippen molar-refractivity contribution in [1.82, 2.24) is 4.31 Å². The second-order valence-electron chi connectivity index (χ2n) is 6.14. The molecule has 13 heteroatoms. The van der Waals surface area contributed by atoms with Gasteiger partial charge in [-0.1, -0.05) is 11.6 Å². The number of anilines is 1. The number of halogens is 5. The van der Waals surface area contributed by atoms with E-state index in [-0.39, 0.29) is 17.2 Å². The molecule has 0 saturated carbocycles. The van der Waals surface area contributed by atoms with Crippen molar-refractivity contribution in [2.75, 3.05) is 33.1 Å². The Balaban J connectivity index is 2.23. The van der Waals surface area contributed by atoms with E-state index in [1.165, 1.54) is 14.2 Å². The first-order valence-electron chi connectivity index (χ1n) is 8.35. The van der Waals surface area contributed by atoms with Crippen molar-refractivity contribution in [3.63, 3.8) is 0 Å². The van der Waals surface area contributed by atoms with Crippen LogP contribution in [-0.4, -0.2) is 46.4 Å².